The number of hydrogen-bond acceptors (Lipinski definition) is 3. The van der Waals surface area contributed by atoms with Gasteiger partial charge in [0.2, 0.25) is 5.82 Å². The Labute approximate surface area is 192 Å². The summed E-state index contributed by atoms with van der Waals surface area (Å²) in [5.41, 5.74) is 1.37. The van der Waals surface area contributed by atoms with Gasteiger partial charge in [0.15, 0.2) is 11.6 Å². The SMILES string of the molecule is CCCCCCCC1CCC(CCc2ccc(-c3ccc(OCC)c(F)c3F)nn2)CC1. The van der Waals surface area contributed by atoms with E-state index in [0.717, 1.165) is 30.4 Å². The van der Waals surface area contributed by atoms with E-state index < -0.39 is 11.6 Å². The average Bonchev–Trinajstić information content (AvgIpc) is 2.82. The molecular weight excluding hydrogens is 406 g/mol. The molecule has 0 atom stereocenters. The third-order valence-corrected chi connectivity index (χ3v) is 6.83. The van der Waals surface area contributed by atoms with Gasteiger partial charge in [-0.25, -0.2) is 4.39 Å². The summed E-state index contributed by atoms with van der Waals surface area (Å²) in [6.07, 6.45) is 15.7. The number of halogens is 2. The third kappa shape index (κ3) is 6.98. The van der Waals surface area contributed by atoms with Gasteiger partial charge < -0.3 is 4.74 Å². The van der Waals surface area contributed by atoms with E-state index in [2.05, 4.69) is 17.1 Å². The van der Waals surface area contributed by atoms with E-state index in [1.165, 1.54) is 76.3 Å². The molecule has 3 nitrogen and oxygen atoms in total. The maximum absolute atomic E-state index is 14.4. The first kappa shape index (κ1) is 24.6. The number of hydrogen-bond donors (Lipinski definition) is 0. The predicted octanol–water partition coefficient (Wildman–Crippen LogP) is 7.92. The molecule has 2 aromatic rings. The summed E-state index contributed by atoms with van der Waals surface area (Å²) in [4.78, 5) is 0. The molecule has 176 valence electrons. The van der Waals surface area contributed by atoms with Gasteiger partial charge in [-0.15, -0.1) is 0 Å². The summed E-state index contributed by atoms with van der Waals surface area (Å²) in [5.74, 6) is -0.307. The molecule has 0 aliphatic heterocycles. The van der Waals surface area contributed by atoms with Gasteiger partial charge >= 0.3 is 0 Å². The summed E-state index contributed by atoms with van der Waals surface area (Å²) in [6.45, 7) is 4.28. The molecule has 1 aromatic carbocycles. The fourth-order valence-corrected chi connectivity index (χ4v) is 4.83. The molecule has 32 heavy (non-hydrogen) atoms. The molecule has 0 amide bonds. The zero-order chi connectivity index (χ0) is 22.8. The van der Waals surface area contributed by atoms with Crippen molar-refractivity contribution in [3.8, 4) is 17.0 Å². The lowest BCUT2D eigenvalue weighted by atomic mass is 9.78. The van der Waals surface area contributed by atoms with Crippen LogP contribution in [-0.4, -0.2) is 16.8 Å². The molecule has 0 saturated heterocycles. The van der Waals surface area contributed by atoms with Crippen LogP contribution in [0.4, 0.5) is 8.78 Å². The second-order valence-electron chi connectivity index (χ2n) is 9.21. The highest BCUT2D eigenvalue weighted by Gasteiger charge is 2.21. The quantitative estimate of drug-likeness (QED) is 0.312. The monoisotopic (exact) mass is 444 g/mol. The van der Waals surface area contributed by atoms with Crippen molar-refractivity contribution in [1.29, 1.82) is 0 Å². The smallest absolute Gasteiger partial charge is 0.201 e. The van der Waals surface area contributed by atoms with Crippen molar-refractivity contribution in [1.82, 2.24) is 10.2 Å². The molecule has 1 heterocycles. The second-order valence-corrected chi connectivity index (χ2v) is 9.21. The number of ether oxygens (including phenoxy) is 1. The van der Waals surface area contributed by atoms with E-state index in [9.17, 15) is 8.78 Å². The van der Waals surface area contributed by atoms with Crippen LogP contribution in [0, 0.1) is 23.5 Å². The van der Waals surface area contributed by atoms with Gasteiger partial charge in [0.25, 0.3) is 0 Å². The molecule has 0 spiro atoms. The number of aromatic nitrogens is 2. The maximum Gasteiger partial charge on any atom is 0.201 e. The molecule has 0 unspecified atom stereocenters. The number of rotatable bonds is 12. The van der Waals surface area contributed by atoms with Crippen molar-refractivity contribution in [2.45, 2.75) is 90.9 Å². The highest BCUT2D eigenvalue weighted by Crippen LogP contribution is 2.34. The lowest BCUT2D eigenvalue weighted by Crippen LogP contribution is -2.15. The Bertz CT molecular complexity index is 817. The van der Waals surface area contributed by atoms with Gasteiger partial charge in [-0.05, 0) is 55.9 Å². The molecule has 1 aliphatic rings. The number of aryl methyl sites for hydroxylation is 1. The zero-order valence-corrected chi connectivity index (χ0v) is 19.7. The Balaban J connectivity index is 1.44. The van der Waals surface area contributed by atoms with Crippen LogP contribution >= 0.6 is 0 Å². The van der Waals surface area contributed by atoms with Crippen LogP contribution in [-0.2, 0) is 6.42 Å². The molecule has 1 fully saturated rings. The van der Waals surface area contributed by atoms with Crippen LogP contribution in [0.2, 0.25) is 0 Å². The van der Waals surface area contributed by atoms with Crippen molar-refractivity contribution in [3.05, 3.63) is 41.6 Å². The zero-order valence-electron chi connectivity index (χ0n) is 19.7. The van der Waals surface area contributed by atoms with Crippen LogP contribution in [0.1, 0.15) is 90.2 Å². The minimum Gasteiger partial charge on any atom is -0.491 e. The van der Waals surface area contributed by atoms with Crippen LogP contribution < -0.4 is 4.74 Å². The molecule has 0 N–H and O–H groups in total. The van der Waals surface area contributed by atoms with Gasteiger partial charge in [0.1, 0.15) is 0 Å². The summed E-state index contributed by atoms with van der Waals surface area (Å²) in [5, 5.41) is 8.44. The molecule has 3 rings (SSSR count). The van der Waals surface area contributed by atoms with E-state index in [-0.39, 0.29) is 17.9 Å². The summed E-state index contributed by atoms with van der Waals surface area (Å²) in [7, 11) is 0. The minimum absolute atomic E-state index is 0.0791. The van der Waals surface area contributed by atoms with Gasteiger partial charge in [-0.3, -0.25) is 0 Å². The standard InChI is InChI=1S/C27H38F2N2O/c1-3-5-6-7-8-9-20-10-12-21(13-11-20)14-15-22-16-18-24(31-30-22)23-17-19-25(32-4-2)27(29)26(23)28/h16-21H,3-15H2,1-2H3. The minimum atomic E-state index is -0.980. The lowest BCUT2D eigenvalue weighted by molar-refractivity contribution is 0.248. The molecule has 0 bridgehead atoms. The number of benzene rings is 1. The van der Waals surface area contributed by atoms with Crippen molar-refractivity contribution >= 4 is 0 Å². The van der Waals surface area contributed by atoms with Crippen LogP contribution in [0.15, 0.2) is 24.3 Å². The largest absolute Gasteiger partial charge is 0.491 e. The summed E-state index contributed by atoms with van der Waals surface area (Å²) < 4.78 is 33.6. The van der Waals surface area contributed by atoms with Crippen molar-refractivity contribution in [3.63, 3.8) is 0 Å². The lowest BCUT2D eigenvalue weighted by Gasteiger charge is -2.28. The van der Waals surface area contributed by atoms with Gasteiger partial charge in [-0.1, -0.05) is 71.1 Å². The van der Waals surface area contributed by atoms with Gasteiger partial charge in [-0.2, -0.15) is 14.6 Å². The van der Waals surface area contributed by atoms with Gasteiger partial charge in [0.05, 0.1) is 18.0 Å². The van der Waals surface area contributed by atoms with E-state index in [4.69, 9.17) is 4.74 Å². The number of nitrogens with zero attached hydrogens (tertiary/aromatic N) is 2. The van der Waals surface area contributed by atoms with Crippen molar-refractivity contribution < 1.29 is 13.5 Å². The molecule has 1 saturated carbocycles. The highest BCUT2D eigenvalue weighted by atomic mass is 19.2. The first-order valence-corrected chi connectivity index (χ1v) is 12.6. The predicted molar refractivity (Wildman–Crippen MR) is 126 cm³/mol. The molecule has 0 radical (unpaired) electrons. The van der Waals surface area contributed by atoms with E-state index in [1.807, 2.05) is 6.07 Å². The van der Waals surface area contributed by atoms with Crippen LogP contribution in [0.3, 0.4) is 0 Å². The molecule has 5 heteroatoms. The fourth-order valence-electron chi connectivity index (χ4n) is 4.83. The molecular formula is C27H38F2N2O. The Hall–Kier alpha value is -2.04. The molecule has 1 aliphatic carbocycles. The normalized spacial score (nSPS) is 18.6. The first-order chi connectivity index (χ1) is 15.6. The van der Waals surface area contributed by atoms with E-state index >= 15 is 0 Å². The maximum atomic E-state index is 14.4. The third-order valence-electron chi connectivity index (χ3n) is 6.83. The second kappa shape index (κ2) is 12.9. The Kier molecular flexibility index (Phi) is 9.89. The Morgan fingerprint density at radius 2 is 1.53 bits per heavy atom. The number of unbranched alkanes of at least 4 members (excludes halogenated alkanes) is 4. The topological polar surface area (TPSA) is 35.0 Å². The van der Waals surface area contributed by atoms with E-state index in [1.54, 1.807) is 13.0 Å². The average molecular weight is 445 g/mol. The summed E-state index contributed by atoms with van der Waals surface area (Å²) in [6, 6.07) is 6.55. The Morgan fingerprint density at radius 3 is 2.19 bits per heavy atom. The summed E-state index contributed by atoms with van der Waals surface area (Å²) >= 11 is 0. The fraction of sp³-hybridized carbons (Fsp3) is 0.630. The van der Waals surface area contributed by atoms with E-state index in [0.29, 0.717) is 5.69 Å². The van der Waals surface area contributed by atoms with Crippen LogP contribution in [0.25, 0.3) is 11.3 Å². The Morgan fingerprint density at radius 1 is 0.812 bits per heavy atom. The highest BCUT2D eigenvalue weighted by molar-refractivity contribution is 5.61. The van der Waals surface area contributed by atoms with Crippen molar-refractivity contribution in [2.24, 2.45) is 11.8 Å². The molecule has 1 aromatic heterocycles. The van der Waals surface area contributed by atoms with Gasteiger partial charge in [0, 0.05) is 5.56 Å². The first-order valence-electron chi connectivity index (χ1n) is 12.6. The van der Waals surface area contributed by atoms with Crippen molar-refractivity contribution in [2.75, 3.05) is 6.61 Å². The van der Waals surface area contributed by atoms with Crippen LogP contribution in [0.5, 0.6) is 5.75 Å².